The third-order valence-corrected chi connectivity index (χ3v) is 12.0. The van der Waals surface area contributed by atoms with E-state index in [2.05, 4.69) is 241 Å². The van der Waals surface area contributed by atoms with Crippen molar-refractivity contribution in [2.24, 2.45) is 0 Å². The average molecular weight is 792 g/mol. The summed E-state index contributed by atoms with van der Waals surface area (Å²) in [5, 5.41) is 2.20. The number of benzene rings is 10. The maximum absolute atomic E-state index is 6.26. The van der Waals surface area contributed by atoms with Crippen molar-refractivity contribution in [1.29, 1.82) is 0 Å². The minimum Gasteiger partial charge on any atom is -0.456 e. The summed E-state index contributed by atoms with van der Waals surface area (Å²) in [7, 11) is 0. The van der Waals surface area contributed by atoms with Gasteiger partial charge in [0.05, 0.1) is 0 Å². The van der Waals surface area contributed by atoms with Crippen LogP contribution in [0.2, 0.25) is 0 Å². The molecule has 0 bridgehead atoms. The first-order chi connectivity index (χ1) is 30.7. The zero-order valence-electron chi connectivity index (χ0n) is 34.0. The number of hydrogen-bond donors (Lipinski definition) is 0. The first-order valence-corrected chi connectivity index (χ1v) is 21.2. The van der Waals surface area contributed by atoms with E-state index in [4.69, 9.17) is 4.42 Å². The Labute approximate surface area is 362 Å². The summed E-state index contributed by atoms with van der Waals surface area (Å²) in [5.74, 6) is 0. The molecule has 0 saturated heterocycles. The van der Waals surface area contributed by atoms with E-state index >= 15 is 0 Å². The first kappa shape index (κ1) is 36.8. The van der Waals surface area contributed by atoms with Gasteiger partial charge in [0.2, 0.25) is 0 Å². The second-order valence-corrected chi connectivity index (χ2v) is 15.7. The zero-order chi connectivity index (χ0) is 41.2. The summed E-state index contributed by atoms with van der Waals surface area (Å²) in [4.78, 5) is 2.34. The average Bonchev–Trinajstić information content (AvgIpc) is 3.73. The van der Waals surface area contributed by atoms with Crippen LogP contribution in [-0.2, 0) is 0 Å². The molecule has 0 aliphatic carbocycles. The van der Waals surface area contributed by atoms with Gasteiger partial charge in [0, 0.05) is 27.8 Å². The molecule has 2 heteroatoms. The fraction of sp³-hybridized carbons (Fsp3) is 0. The summed E-state index contributed by atoms with van der Waals surface area (Å²) in [5.41, 5.74) is 19.3. The van der Waals surface area contributed by atoms with E-state index in [1.165, 1.54) is 61.2 Å². The van der Waals surface area contributed by atoms with Crippen molar-refractivity contribution < 1.29 is 4.42 Å². The van der Waals surface area contributed by atoms with Crippen LogP contribution in [0.4, 0.5) is 17.1 Å². The van der Waals surface area contributed by atoms with Crippen molar-refractivity contribution in [3.8, 4) is 66.8 Å². The van der Waals surface area contributed by atoms with E-state index < -0.39 is 0 Å². The Bertz CT molecular complexity index is 3310. The predicted octanol–water partition coefficient (Wildman–Crippen LogP) is 17.1. The molecule has 10 aromatic carbocycles. The summed E-state index contributed by atoms with van der Waals surface area (Å²) in [6, 6.07) is 89.0. The molecule has 0 aliphatic heterocycles. The van der Waals surface area contributed by atoms with E-state index in [9.17, 15) is 0 Å². The number of hydrogen-bond acceptors (Lipinski definition) is 2. The summed E-state index contributed by atoms with van der Waals surface area (Å²) in [6.07, 6.45) is 0. The fourth-order valence-corrected chi connectivity index (χ4v) is 8.89. The van der Waals surface area contributed by atoms with Gasteiger partial charge in [0.15, 0.2) is 0 Å². The molecular formula is C60H41NO. The molecule has 0 aliphatic rings. The van der Waals surface area contributed by atoms with Crippen LogP contribution in [0.15, 0.2) is 253 Å². The first-order valence-electron chi connectivity index (χ1n) is 21.2. The van der Waals surface area contributed by atoms with Gasteiger partial charge in [0.25, 0.3) is 0 Å². The lowest BCUT2D eigenvalue weighted by molar-refractivity contribution is 0.669. The number of nitrogens with zero attached hydrogens (tertiary/aromatic N) is 1. The van der Waals surface area contributed by atoms with Crippen LogP contribution < -0.4 is 4.90 Å². The van der Waals surface area contributed by atoms with Crippen molar-refractivity contribution in [2.45, 2.75) is 0 Å². The molecule has 292 valence electrons. The van der Waals surface area contributed by atoms with Crippen molar-refractivity contribution in [3.05, 3.63) is 249 Å². The molecule has 62 heavy (non-hydrogen) atoms. The molecule has 11 rings (SSSR count). The lowest BCUT2D eigenvalue weighted by atomic mass is 9.87. The van der Waals surface area contributed by atoms with Gasteiger partial charge in [-0.1, -0.05) is 200 Å². The predicted molar refractivity (Wildman–Crippen MR) is 261 cm³/mol. The minimum absolute atomic E-state index is 0.878. The number of rotatable bonds is 9. The van der Waals surface area contributed by atoms with Crippen LogP contribution in [0.3, 0.4) is 0 Å². The molecule has 0 unspecified atom stereocenters. The van der Waals surface area contributed by atoms with E-state index in [1.54, 1.807) is 0 Å². The monoisotopic (exact) mass is 791 g/mol. The van der Waals surface area contributed by atoms with Gasteiger partial charge < -0.3 is 9.32 Å². The number of anilines is 3. The Balaban J connectivity index is 0.978. The van der Waals surface area contributed by atoms with Crippen LogP contribution in [0.5, 0.6) is 0 Å². The zero-order valence-corrected chi connectivity index (χ0v) is 34.0. The van der Waals surface area contributed by atoms with Gasteiger partial charge in [-0.25, -0.2) is 0 Å². The van der Waals surface area contributed by atoms with Crippen molar-refractivity contribution in [2.75, 3.05) is 4.90 Å². The highest BCUT2D eigenvalue weighted by Crippen LogP contribution is 2.43. The van der Waals surface area contributed by atoms with E-state index in [0.717, 1.165) is 44.6 Å². The van der Waals surface area contributed by atoms with Crippen LogP contribution in [0, 0.1) is 0 Å². The van der Waals surface area contributed by atoms with Crippen LogP contribution in [-0.4, -0.2) is 0 Å². The third kappa shape index (κ3) is 6.94. The number of furan rings is 1. The summed E-state index contributed by atoms with van der Waals surface area (Å²) >= 11 is 0. The van der Waals surface area contributed by atoms with Crippen molar-refractivity contribution in [3.63, 3.8) is 0 Å². The van der Waals surface area contributed by atoms with Gasteiger partial charge >= 0.3 is 0 Å². The molecule has 1 aromatic heterocycles. The molecule has 0 N–H and O–H groups in total. The topological polar surface area (TPSA) is 16.4 Å². The Morgan fingerprint density at radius 1 is 0.226 bits per heavy atom. The van der Waals surface area contributed by atoms with E-state index in [-0.39, 0.29) is 0 Å². The Morgan fingerprint density at radius 2 is 0.565 bits per heavy atom. The molecule has 2 nitrogen and oxygen atoms in total. The van der Waals surface area contributed by atoms with E-state index in [1.807, 2.05) is 12.1 Å². The van der Waals surface area contributed by atoms with Crippen LogP contribution in [0.1, 0.15) is 0 Å². The molecule has 0 atom stereocenters. The molecule has 0 fully saturated rings. The third-order valence-electron chi connectivity index (χ3n) is 12.0. The van der Waals surface area contributed by atoms with Gasteiger partial charge in [-0.05, 0) is 115 Å². The number of fused-ring (bicyclic) bond motifs is 3. The van der Waals surface area contributed by atoms with Crippen LogP contribution in [0.25, 0.3) is 88.7 Å². The van der Waals surface area contributed by atoms with Gasteiger partial charge in [-0.15, -0.1) is 0 Å². The van der Waals surface area contributed by atoms with Gasteiger partial charge in [-0.2, -0.15) is 0 Å². The summed E-state index contributed by atoms with van der Waals surface area (Å²) in [6.45, 7) is 0. The normalized spacial score (nSPS) is 11.2. The van der Waals surface area contributed by atoms with Crippen molar-refractivity contribution >= 4 is 39.0 Å². The number of para-hydroxylation sites is 1. The molecule has 1 heterocycles. The van der Waals surface area contributed by atoms with Crippen LogP contribution >= 0.6 is 0 Å². The smallest absolute Gasteiger partial charge is 0.135 e. The molecule has 0 spiro atoms. The minimum atomic E-state index is 0.878. The lowest BCUT2D eigenvalue weighted by Crippen LogP contribution is -2.09. The standard InChI is InChI=1S/C60H41NO/c1-3-15-42(16-4-1)43-27-29-44(30-28-43)45-31-35-48(36-32-45)61(50-39-40-60-58(41-50)57-25-13-14-26-59(57)62-60)49-37-33-47(34-38-49)52-20-8-10-22-54(52)56-24-12-11-23-55(56)53-21-9-7-19-51(53)46-17-5-2-6-18-46/h1-41H. The highest BCUT2D eigenvalue weighted by Gasteiger charge is 2.18. The molecular weight excluding hydrogens is 751 g/mol. The van der Waals surface area contributed by atoms with Gasteiger partial charge in [-0.3, -0.25) is 0 Å². The largest absolute Gasteiger partial charge is 0.456 e. The maximum atomic E-state index is 6.26. The molecule has 0 amide bonds. The highest BCUT2D eigenvalue weighted by molar-refractivity contribution is 6.06. The Morgan fingerprint density at radius 3 is 1.10 bits per heavy atom. The lowest BCUT2D eigenvalue weighted by Gasteiger charge is -2.26. The second-order valence-electron chi connectivity index (χ2n) is 15.7. The Hall–Kier alpha value is -8.20. The molecule has 11 aromatic rings. The second kappa shape index (κ2) is 16.1. The summed E-state index contributed by atoms with van der Waals surface area (Å²) < 4.78 is 6.26. The fourth-order valence-electron chi connectivity index (χ4n) is 8.89. The molecule has 0 radical (unpaired) electrons. The Kier molecular flexibility index (Phi) is 9.57. The quantitative estimate of drug-likeness (QED) is 0.145. The maximum Gasteiger partial charge on any atom is 0.135 e. The molecule has 0 saturated carbocycles. The van der Waals surface area contributed by atoms with Crippen molar-refractivity contribution in [1.82, 2.24) is 0 Å². The van der Waals surface area contributed by atoms with E-state index in [0.29, 0.717) is 0 Å². The highest BCUT2D eigenvalue weighted by atomic mass is 16.3. The van der Waals surface area contributed by atoms with Gasteiger partial charge in [0.1, 0.15) is 11.2 Å². The SMILES string of the molecule is c1ccc(-c2ccc(-c3ccc(N(c4ccc(-c5ccccc5-c5ccccc5-c5ccccc5-c5ccccc5)cc4)c4ccc5oc6ccccc6c5c4)cc3)cc2)cc1.